The van der Waals surface area contributed by atoms with Gasteiger partial charge in [0.1, 0.15) is 5.78 Å². The minimum atomic E-state index is -2.94. The summed E-state index contributed by atoms with van der Waals surface area (Å²) in [5, 5.41) is 3.31. The summed E-state index contributed by atoms with van der Waals surface area (Å²) in [5.74, 6) is -0.124. The zero-order chi connectivity index (χ0) is 11.3. The maximum Gasteiger partial charge on any atom is 0.347 e. The third-order valence-corrected chi connectivity index (χ3v) is 5.00. The van der Waals surface area contributed by atoms with Gasteiger partial charge in [0.15, 0.2) is 0 Å². The molecule has 90 valence electrons. The lowest BCUT2D eigenvalue weighted by Crippen LogP contribution is -2.41. The molecular formula is C10H22NO3P. The monoisotopic (exact) mass is 235 g/mol. The van der Waals surface area contributed by atoms with Gasteiger partial charge in [-0.05, 0) is 40.0 Å². The van der Waals surface area contributed by atoms with Crippen LogP contribution in [0.15, 0.2) is 0 Å². The van der Waals surface area contributed by atoms with Crippen LogP contribution >= 0.6 is 7.60 Å². The summed E-state index contributed by atoms with van der Waals surface area (Å²) in [7, 11) is -2.94. The second-order valence-corrected chi connectivity index (χ2v) is 6.11. The summed E-state index contributed by atoms with van der Waals surface area (Å²) in [6.45, 7) is 6.66. The number of hydrogen-bond acceptors (Lipinski definition) is 4. The number of rotatable bonds is 5. The van der Waals surface area contributed by atoms with E-state index in [1.807, 2.05) is 13.8 Å². The molecule has 5 heteroatoms. The number of hydrogen-bond donors (Lipinski definition) is 1. The Hall–Kier alpha value is 0.110. The van der Waals surface area contributed by atoms with E-state index in [0.29, 0.717) is 19.3 Å². The first-order chi connectivity index (χ1) is 7.12. The fourth-order valence-electron chi connectivity index (χ4n) is 1.94. The standard InChI is InChI=1S/C10H22NO3P/c1-4-13-15(12,14-5-2)10-8-6-7-9(3)11-10/h9-11H,4-8H2,1-3H3. The normalized spacial score (nSPS) is 27.9. The van der Waals surface area contributed by atoms with Crippen molar-refractivity contribution in [3.05, 3.63) is 0 Å². The van der Waals surface area contributed by atoms with Gasteiger partial charge in [-0.3, -0.25) is 4.57 Å². The van der Waals surface area contributed by atoms with Crippen LogP contribution in [-0.4, -0.2) is 25.0 Å². The Morgan fingerprint density at radius 2 is 1.87 bits per heavy atom. The lowest BCUT2D eigenvalue weighted by atomic mass is 10.1. The molecule has 0 saturated carbocycles. The Balaban J connectivity index is 2.65. The first-order valence-corrected chi connectivity index (χ1v) is 7.38. The molecule has 0 aromatic carbocycles. The average Bonchev–Trinajstić information content (AvgIpc) is 2.18. The molecule has 1 heterocycles. The molecule has 15 heavy (non-hydrogen) atoms. The fraction of sp³-hybridized carbons (Fsp3) is 1.00. The van der Waals surface area contributed by atoms with Crippen molar-refractivity contribution in [3.63, 3.8) is 0 Å². The van der Waals surface area contributed by atoms with Crippen LogP contribution in [0.25, 0.3) is 0 Å². The molecule has 0 bridgehead atoms. The molecule has 0 aromatic rings. The van der Waals surface area contributed by atoms with E-state index in [-0.39, 0.29) is 5.78 Å². The van der Waals surface area contributed by atoms with Crippen molar-refractivity contribution in [2.75, 3.05) is 13.2 Å². The van der Waals surface area contributed by atoms with E-state index in [0.717, 1.165) is 19.3 Å². The van der Waals surface area contributed by atoms with E-state index in [1.165, 1.54) is 0 Å². The van der Waals surface area contributed by atoms with Crippen LogP contribution in [-0.2, 0) is 13.6 Å². The molecule has 0 amide bonds. The van der Waals surface area contributed by atoms with Gasteiger partial charge in [-0.2, -0.15) is 0 Å². The predicted octanol–water partition coefficient (Wildman–Crippen LogP) is 2.74. The van der Waals surface area contributed by atoms with Crippen molar-refractivity contribution in [1.29, 1.82) is 0 Å². The summed E-state index contributed by atoms with van der Waals surface area (Å²) >= 11 is 0. The van der Waals surface area contributed by atoms with E-state index in [2.05, 4.69) is 12.2 Å². The summed E-state index contributed by atoms with van der Waals surface area (Å²) in [5.41, 5.74) is 0. The van der Waals surface area contributed by atoms with Gasteiger partial charge in [-0.1, -0.05) is 0 Å². The van der Waals surface area contributed by atoms with E-state index in [9.17, 15) is 4.57 Å². The molecule has 1 saturated heterocycles. The Morgan fingerprint density at radius 3 is 2.33 bits per heavy atom. The van der Waals surface area contributed by atoms with Crippen LogP contribution in [0.5, 0.6) is 0 Å². The van der Waals surface area contributed by atoms with Crippen LogP contribution in [0.3, 0.4) is 0 Å². The highest BCUT2D eigenvalue weighted by Crippen LogP contribution is 2.54. The van der Waals surface area contributed by atoms with Crippen molar-refractivity contribution in [2.24, 2.45) is 0 Å². The highest BCUT2D eigenvalue weighted by Gasteiger charge is 2.37. The van der Waals surface area contributed by atoms with E-state index < -0.39 is 7.60 Å². The van der Waals surface area contributed by atoms with E-state index in [4.69, 9.17) is 9.05 Å². The molecule has 0 aromatic heterocycles. The molecule has 0 aliphatic carbocycles. The topological polar surface area (TPSA) is 47.6 Å². The van der Waals surface area contributed by atoms with Gasteiger partial charge < -0.3 is 14.4 Å². The Labute approximate surface area is 92.3 Å². The second kappa shape index (κ2) is 6.00. The van der Waals surface area contributed by atoms with Crippen molar-refractivity contribution in [3.8, 4) is 0 Å². The van der Waals surface area contributed by atoms with Crippen molar-refractivity contribution >= 4 is 7.60 Å². The predicted molar refractivity (Wildman–Crippen MR) is 61.1 cm³/mol. The maximum absolute atomic E-state index is 12.4. The first-order valence-electron chi connectivity index (χ1n) is 5.77. The van der Waals surface area contributed by atoms with Crippen molar-refractivity contribution < 1.29 is 13.6 Å². The Morgan fingerprint density at radius 1 is 1.27 bits per heavy atom. The molecule has 2 unspecified atom stereocenters. The van der Waals surface area contributed by atoms with Crippen LogP contribution in [0.2, 0.25) is 0 Å². The molecule has 4 nitrogen and oxygen atoms in total. The van der Waals surface area contributed by atoms with Gasteiger partial charge in [-0.25, -0.2) is 0 Å². The van der Waals surface area contributed by atoms with E-state index in [1.54, 1.807) is 0 Å². The lowest BCUT2D eigenvalue weighted by molar-refractivity contribution is 0.197. The van der Waals surface area contributed by atoms with Gasteiger partial charge in [0.25, 0.3) is 0 Å². The highest BCUT2D eigenvalue weighted by atomic mass is 31.2. The van der Waals surface area contributed by atoms with Gasteiger partial charge in [-0.15, -0.1) is 0 Å². The molecule has 1 N–H and O–H groups in total. The molecule has 1 fully saturated rings. The summed E-state index contributed by atoms with van der Waals surface area (Å²) < 4.78 is 23.1. The fourth-order valence-corrected chi connectivity index (χ4v) is 4.03. The minimum absolute atomic E-state index is 0.124. The van der Waals surface area contributed by atoms with Crippen LogP contribution in [0.1, 0.15) is 40.0 Å². The van der Waals surface area contributed by atoms with Gasteiger partial charge in [0, 0.05) is 6.04 Å². The third kappa shape index (κ3) is 3.56. The minimum Gasteiger partial charge on any atom is -0.308 e. The number of piperidine rings is 1. The van der Waals surface area contributed by atoms with Crippen molar-refractivity contribution in [1.82, 2.24) is 5.32 Å². The first kappa shape index (κ1) is 13.2. The largest absolute Gasteiger partial charge is 0.347 e. The Kier molecular flexibility index (Phi) is 5.27. The molecular weight excluding hydrogens is 213 g/mol. The molecule has 0 radical (unpaired) electrons. The zero-order valence-electron chi connectivity index (χ0n) is 9.86. The van der Waals surface area contributed by atoms with E-state index >= 15 is 0 Å². The summed E-state index contributed by atoms with van der Waals surface area (Å²) in [6, 6.07) is 0.401. The zero-order valence-corrected chi connectivity index (χ0v) is 10.8. The van der Waals surface area contributed by atoms with Gasteiger partial charge in [0.05, 0.1) is 13.2 Å². The smallest absolute Gasteiger partial charge is 0.308 e. The molecule has 1 aliphatic rings. The molecule has 2 atom stereocenters. The second-order valence-electron chi connectivity index (χ2n) is 3.89. The molecule has 0 spiro atoms. The van der Waals surface area contributed by atoms with Crippen LogP contribution < -0.4 is 5.32 Å². The summed E-state index contributed by atoms with van der Waals surface area (Å²) in [6.07, 6.45) is 3.10. The SMILES string of the molecule is CCOP(=O)(OCC)C1CCCC(C)N1. The Bertz CT molecular complexity index is 225. The molecule has 1 aliphatic heterocycles. The number of nitrogens with one attached hydrogen (secondary N) is 1. The average molecular weight is 235 g/mol. The quantitative estimate of drug-likeness (QED) is 0.744. The van der Waals surface area contributed by atoms with Gasteiger partial charge in [0.2, 0.25) is 0 Å². The third-order valence-electron chi connectivity index (χ3n) is 2.59. The van der Waals surface area contributed by atoms with Crippen molar-refractivity contribution in [2.45, 2.75) is 51.9 Å². The van der Waals surface area contributed by atoms with Crippen LogP contribution in [0.4, 0.5) is 0 Å². The maximum atomic E-state index is 12.4. The lowest BCUT2D eigenvalue weighted by Gasteiger charge is -2.33. The highest BCUT2D eigenvalue weighted by molar-refractivity contribution is 7.54. The molecule has 1 rings (SSSR count). The summed E-state index contributed by atoms with van der Waals surface area (Å²) in [4.78, 5) is 0. The van der Waals surface area contributed by atoms with Crippen LogP contribution in [0, 0.1) is 0 Å². The van der Waals surface area contributed by atoms with Gasteiger partial charge >= 0.3 is 7.60 Å².